The molecule has 2 aliphatic heterocycles. The Morgan fingerprint density at radius 3 is 2.30 bits per heavy atom. The minimum atomic E-state index is -4.36. The first-order chi connectivity index (χ1) is 9.36. The fraction of sp³-hybridized carbons (Fsp3) is 0.571. The van der Waals surface area contributed by atoms with Gasteiger partial charge in [-0.25, -0.2) is 0 Å². The minimum Gasteiger partial charge on any atom is -0.393 e. The molecule has 2 nitrogen and oxygen atoms in total. The van der Waals surface area contributed by atoms with Crippen molar-refractivity contribution in [2.24, 2.45) is 0 Å². The highest BCUT2D eigenvalue weighted by atomic mass is 79.9. The maximum atomic E-state index is 13.2. The first kappa shape index (κ1) is 14.2. The van der Waals surface area contributed by atoms with Gasteiger partial charge in [0.05, 0.1) is 17.4 Å². The smallest absolute Gasteiger partial charge is 0.393 e. The summed E-state index contributed by atoms with van der Waals surface area (Å²) in [5, 5.41) is 9.78. The predicted octanol–water partition coefficient (Wildman–Crippen LogP) is 3.96. The lowest BCUT2D eigenvalue weighted by atomic mass is 9.97. The molecule has 2 saturated heterocycles. The Balaban J connectivity index is 2.04. The van der Waals surface area contributed by atoms with Crippen LogP contribution in [0, 0.1) is 0 Å². The molecular formula is C14H15BrF3NO. The third-order valence-corrected chi connectivity index (χ3v) is 4.74. The van der Waals surface area contributed by atoms with Crippen LogP contribution in [-0.2, 0) is 6.18 Å². The second-order valence-corrected chi connectivity index (χ2v) is 6.49. The number of aliphatic hydroxyl groups excluding tert-OH is 1. The van der Waals surface area contributed by atoms with E-state index in [-0.39, 0.29) is 23.9 Å². The molecule has 2 fully saturated rings. The molecule has 110 valence electrons. The van der Waals surface area contributed by atoms with Crippen molar-refractivity contribution < 1.29 is 18.3 Å². The first-order valence-electron chi connectivity index (χ1n) is 6.69. The van der Waals surface area contributed by atoms with Gasteiger partial charge in [0.1, 0.15) is 0 Å². The van der Waals surface area contributed by atoms with Crippen LogP contribution in [0.5, 0.6) is 0 Å². The van der Waals surface area contributed by atoms with Gasteiger partial charge in [-0.3, -0.25) is 0 Å². The van der Waals surface area contributed by atoms with Crippen LogP contribution < -0.4 is 4.90 Å². The van der Waals surface area contributed by atoms with E-state index in [1.165, 1.54) is 6.07 Å². The Morgan fingerprint density at radius 1 is 1.15 bits per heavy atom. The molecule has 3 rings (SSSR count). The zero-order chi connectivity index (χ0) is 14.5. The third kappa shape index (κ3) is 2.44. The summed E-state index contributed by atoms with van der Waals surface area (Å²) >= 11 is 3.26. The van der Waals surface area contributed by atoms with E-state index < -0.39 is 11.7 Å². The van der Waals surface area contributed by atoms with Gasteiger partial charge < -0.3 is 10.0 Å². The van der Waals surface area contributed by atoms with Gasteiger partial charge in [-0.05, 0) is 43.9 Å². The number of aliphatic hydroxyl groups is 1. The highest BCUT2D eigenvalue weighted by molar-refractivity contribution is 9.10. The summed E-state index contributed by atoms with van der Waals surface area (Å²) in [5.74, 6) is 0. The van der Waals surface area contributed by atoms with Crippen molar-refractivity contribution in [2.75, 3.05) is 4.90 Å². The summed E-state index contributed by atoms with van der Waals surface area (Å²) in [5.41, 5.74) is -0.347. The lowest BCUT2D eigenvalue weighted by Gasteiger charge is -2.40. The molecule has 0 amide bonds. The molecule has 0 spiro atoms. The molecule has 0 aliphatic carbocycles. The molecule has 2 aliphatic rings. The average Bonchev–Trinajstić information content (AvgIpc) is 2.60. The molecule has 2 unspecified atom stereocenters. The summed E-state index contributed by atoms with van der Waals surface area (Å²) in [6.07, 6.45) is -1.92. The van der Waals surface area contributed by atoms with Crippen LogP contribution in [0.4, 0.5) is 18.9 Å². The Labute approximate surface area is 123 Å². The predicted molar refractivity (Wildman–Crippen MR) is 73.7 cm³/mol. The third-order valence-electron chi connectivity index (χ3n) is 4.25. The van der Waals surface area contributed by atoms with Crippen LogP contribution in [0.2, 0.25) is 0 Å². The van der Waals surface area contributed by atoms with Gasteiger partial charge in [0.25, 0.3) is 0 Å². The van der Waals surface area contributed by atoms with E-state index in [0.29, 0.717) is 17.3 Å². The Morgan fingerprint density at radius 2 is 1.75 bits per heavy atom. The van der Waals surface area contributed by atoms with Gasteiger partial charge in [0, 0.05) is 16.6 Å². The van der Waals surface area contributed by atoms with Crippen molar-refractivity contribution in [1.29, 1.82) is 0 Å². The molecule has 2 bridgehead atoms. The standard InChI is InChI=1S/C14H15BrF3NO/c15-8-1-4-12(14(16,17)18)13(5-8)19-9-2-3-10(19)7-11(20)6-9/h1,4-5,9-11,20H,2-3,6-7H2. The summed E-state index contributed by atoms with van der Waals surface area (Å²) in [4.78, 5) is 1.88. The number of fused-ring (bicyclic) bond motifs is 2. The minimum absolute atomic E-state index is 0.0131. The van der Waals surface area contributed by atoms with E-state index in [1.54, 1.807) is 6.07 Å². The van der Waals surface area contributed by atoms with Crippen molar-refractivity contribution in [3.8, 4) is 0 Å². The number of hydrogen-bond acceptors (Lipinski definition) is 2. The van der Waals surface area contributed by atoms with Gasteiger partial charge >= 0.3 is 6.18 Å². The fourth-order valence-corrected chi connectivity index (χ4v) is 3.85. The number of rotatable bonds is 1. The Hall–Kier alpha value is -0.750. The van der Waals surface area contributed by atoms with E-state index in [2.05, 4.69) is 15.9 Å². The lowest BCUT2D eigenvalue weighted by Crippen LogP contribution is -2.45. The van der Waals surface area contributed by atoms with Crippen molar-refractivity contribution in [3.63, 3.8) is 0 Å². The van der Waals surface area contributed by atoms with E-state index in [0.717, 1.165) is 18.9 Å². The molecule has 2 atom stereocenters. The monoisotopic (exact) mass is 349 g/mol. The average molecular weight is 350 g/mol. The summed E-state index contributed by atoms with van der Waals surface area (Å²) in [7, 11) is 0. The summed E-state index contributed by atoms with van der Waals surface area (Å²) < 4.78 is 40.2. The van der Waals surface area contributed by atoms with Gasteiger partial charge in [0.15, 0.2) is 0 Å². The van der Waals surface area contributed by atoms with Gasteiger partial charge in [-0.1, -0.05) is 15.9 Å². The first-order valence-corrected chi connectivity index (χ1v) is 7.48. The fourth-order valence-electron chi connectivity index (χ4n) is 3.50. The number of nitrogens with zero attached hydrogens (tertiary/aromatic N) is 1. The van der Waals surface area contributed by atoms with E-state index in [1.807, 2.05) is 4.90 Å². The van der Waals surface area contributed by atoms with Gasteiger partial charge in [-0.15, -0.1) is 0 Å². The summed E-state index contributed by atoms with van der Waals surface area (Å²) in [6, 6.07) is 4.13. The molecule has 0 saturated carbocycles. The zero-order valence-corrected chi connectivity index (χ0v) is 12.3. The number of alkyl halides is 3. The van der Waals surface area contributed by atoms with Gasteiger partial charge in [-0.2, -0.15) is 13.2 Å². The number of anilines is 1. The van der Waals surface area contributed by atoms with Crippen LogP contribution in [0.1, 0.15) is 31.2 Å². The quantitative estimate of drug-likeness (QED) is 0.829. The second kappa shape index (κ2) is 4.91. The van der Waals surface area contributed by atoms with E-state index >= 15 is 0 Å². The molecule has 6 heteroatoms. The van der Waals surface area contributed by atoms with Crippen LogP contribution in [0.15, 0.2) is 22.7 Å². The molecule has 0 aromatic heterocycles. The molecule has 1 aromatic carbocycles. The molecule has 1 aromatic rings. The van der Waals surface area contributed by atoms with Crippen molar-refractivity contribution in [3.05, 3.63) is 28.2 Å². The normalized spacial score (nSPS) is 29.9. The Kier molecular flexibility index (Phi) is 3.49. The van der Waals surface area contributed by atoms with E-state index in [9.17, 15) is 18.3 Å². The maximum absolute atomic E-state index is 13.2. The van der Waals surface area contributed by atoms with Crippen LogP contribution in [-0.4, -0.2) is 23.3 Å². The van der Waals surface area contributed by atoms with Crippen LogP contribution >= 0.6 is 15.9 Å². The number of hydrogen-bond donors (Lipinski definition) is 1. The largest absolute Gasteiger partial charge is 0.418 e. The molecule has 0 radical (unpaired) electrons. The maximum Gasteiger partial charge on any atom is 0.418 e. The Bertz CT molecular complexity index is 506. The topological polar surface area (TPSA) is 23.5 Å². The molecular weight excluding hydrogens is 335 g/mol. The van der Waals surface area contributed by atoms with Crippen molar-refractivity contribution in [1.82, 2.24) is 0 Å². The molecule has 20 heavy (non-hydrogen) atoms. The highest BCUT2D eigenvalue weighted by Gasteiger charge is 2.44. The SMILES string of the molecule is OC1CC2CCC(C1)N2c1cc(Br)ccc1C(F)(F)F. The van der Waals surface area contributed by atoms with Crippen molar-refractivity contribution in [2.45, 2.75) is 50.0 Å². The van der Waals surface area contributed by atoms with Gasteiger partial charge in [0.2, 0.25) is 0 Å². The second-order valence-electron chi connectivity index (χ2n) is 5.58. The molecule has 2 heterocycles. The van der Waals surface area contributed by atoms with E-state index in [4.69, 9.17) is 0 Å². The van der Waals surface area contributed by atoms with Crippen LogP contribution in [0.3, 0.4) is 0 Å². The zero-order valence-electron chi connectivity index (χ0n) is 10.7. The lowest BCUT2D eigenvalue weighted by molar-refractivity contribution is -0.137. The molecule has 1 N–H and O–H groups in total. The van der Waals surface area contributed by atoms with Crippen molar-refractivity contribution >= 4 is 21.6 Å². The number of piperidine rings is 1. The summed E-state index contributed by atoms with van der Waals surface area (Å²) in [6.45, 7) is 0. The highest BCUT2D eigenvalue weighted by Crippen LogP contribution is 2.45. The number of halogens is 4. The van der Waals surface area contributed by atoms with Crippen LogP contribution in [0.25, 0.3) is 0 Å². The number of benzene rings is 1.